The van der Waals surface area contributed by atoms with Crippen molar-refractivity contribution in [2.24, 2.45) is 0 Å². The van der Waals surface area contributed by atoms with Crippen LogP contribution in [0.25, 0.3) is 0 Å². The second kappa shape index (κ2) is 5.17. The Bertz CT molecular complexity index is 305. The van der Waals surface area contributed by atoms with E-state index in [1.807, 2.05) is 6.07 Å². The van der Waals surface area contributed by atoms with E-state index in [2.05, 4.69) is 30.4 Å². The lowest BCUT2D eigenvalue weighted by atomic mass is 9.98. The summed E-state index contributed by atoms with van der Waals surface area (Å²) in [5.74, 6) is 1.69. The van der Waals surface area contributed by atoms with Crippen LogP contribution in [0.2, 0.25) is 0 Å². The van der Waals surface area contributed by atoms with Crippen molar-refractivity contribution in [3.05, 3.63) is 29.8 Å². The molecule has 1 saturated heterocycles. The Labute approximate surface area is 91.6 Å². The lowest BCUT2D eigenvalue weighted by Crippen LogP contribution is -2.08. The van der Waals surface area contributed by atoms with Gasteiger partial charge in [0.15, 0.2) is 0 Å². The Kier molecular flexibility index (Phi) is 3.62. The molecule has 2 rings (SSSR count). The molecule has 0 amide bonds. The molecule has 0 spiro atoms. The molecule has 1 heterocycles. The van der Waals surface area contributed by atoms with E-state index in [1.165, 1.54) is 12.0 Å². The third-order valence-electron chi connectivity index (χ3n) is 2.86. The van der Waals surface area contributed by atoms with Crippen molar-refractivity contribution in [3.8, 4) is 5.75 Å². The maximum absolute atomic E-state index is 5.63. The molecule has 0 aliphatic carbocycles. The molecule has 1 aliphatic rings. The van der Waals surface area contributed by atoms with Crippen LogP contribution in [-0.4, -0.2) is 19.7 Å². The average Bonchev–Trinajstić information content (AvgIpc) is 2.80. The summed E-state index contributed by atoms with van der Waals surface area (Å²) in [6.07, 6.45) is 2.31. The molecule has 1 aromatic carbocycles. The van der Waals surface area contributed by atoms with Crippen LogP contribution in [-0.2, 0) is 0 Å². The summed E-state index contributed by atoms with van der Waals surface area (Å²) in [7, 11) is 0. The van der Waals surface area contributed by atoms with E-state index in [1.54, 1.807) is 0 Å². The van der Waals surface area contributed by atoms with Crippen molar-refractivity contribution in [2.75, 3.05) is 19.7 Å². The van der Waals surface area contributed by atoms with Crippen LogP contribution < -0.4 is 10.1 Å². The minimum absolute atomic E-state index is 0.676. The smallest absolute Gasteiger partial charge is 0.119 e. The van der Waals surface area contributed by atoms with E-state index in [-0.39, 0.29) is 0 Å². The van der Waals surface area contributed by atoms with Gasteiger partial charge in [-0.2, -0.15) is 0 Å². The monoisotopic (exact) mass is 205 g/mol. The highest BCUT2D eigenvalue weighted by Gasteiger charge is 2.16. The maximum Gasteiger partial charge on any atom is 0.119 e. The van der Waals surface area contributed by atoms with Gasteiger partial charge in [0.2, 0.25) is 0 Å². The van der Waals surface area contributed by atoms with Gasteiger partial charge in [0.05, 0.1) is 6.61 Å². The summed E-state index contributed by atoms with van der Waals surface area (Å²) < 4.78 is 5.63. The van der Waals surface area contributed by atoms with Gasteiger partial charge in [0.25, 0.3) is 0 Å². The third kappa shape index (κ3) is 2.72. The van der Waals surface area contributed by atoms with Crippen LogP contribution >= 0.6 is 0 Å². The quantitative estimate of drug-likeness (QED) is 0.815. The van der Waals surface area contributed by atoms with Gasteiger partial charge < -0.3 is 10.1 Å². The van der Waals surface area contributed by atoms with E-state index >= 15 is 0 Å². The van der Waals surface area contributed by atoms with Crippen molar-refractivity contribution >= 4 is 0 Å². The lowest BCUT2D eigenvalue weighted by molar-refractivity contribution is 0.317. The predicted octanol–water partition coefficient (Wildman–Crippen LogP) is 2.55. The Balaban J connectivity index is 2.04. The van der Waals surface area contributed by atoms with E-state index in [9.17, 15) is 0 Å². The van der Waals surface area contributed by atoms with Crippen molar-refractivity contribution in [1.82, 2.24) is 5.32 Å². The predicted molar refractivity (Wildman–Crippen MR) is 62.5 cm³/mol. The molecule has 1 atom stereocenters. The first-order chi connectivity index (χ1) is 7.40. The molecule has 15 heavy (non-hydrogen) atoms. The van der Waals surface area contributed by atoms with Gasteiger partial charge in [0, 0.05) is 6.54 Å². The molecule has 2 heteroatoms. The zero-order valence-electron chi connectivity index (χ0n) is 9.33. The summed E-state index contributed by atoms with van der Waals surface area (Å²) >= 11 is 0. The average molecular weight is 205 g/mol. The molecule has 1 N–H and O–H groups in total. The first kappa shape index (κ1) is 10.5. The molecule has 0 bridgehead atoms. The van der Waals surface area contributed by atoms with Gasteiger partial charge in [-0.15, -0.1) is 0 Å². The third-order valence-corrected chi connectivity index (χ3v) is 2.86. The largest absolute Gasteiger partial charge is 0.494 e. The summed E-state index contributed by atoms with van der Waals surface area (Å²) in [5.41, 5.74) is 1.41. The Morgan fingerprint density at radius 2 is 2.40 bits per heavy atom. The fourth-order valence-electron chi connectivity index (χ4n) is 2.02. The Morgan fingerprint density at radius 3 is 3.13 bits per heavy atom. The highest BCUT2D eigenvalue weighted by atomic mass is 16.5. The summed E-state index contributed by atoms with van der Waals surface area (Å²) in [5, 5.41) is 3.39. The van der Waals surface area contributed by atoms with Crippen LogP contribution in [0.5, 0.6) is 5.75 Å². The Morgan fingerprint density at radius 1 is 1.47 bits per heavy atom. The summed E-state index contributed by atoms with van der Waals surface area (Å²) in [6, 6.07) is 8.53. The minimum Gasteiger partial charge on any atom is -0.494 e. The molecule has 0 radical (unpaired) electrons. The number of ether oxygens (including phenoxy) is 1. The van der Waals surface area contributed by atoms with E-state index in [4.69, 9.17) is 4.74 Å². The van der Waals surface area contributed by atoms with Crippen LogP contribution in [0.4, 0.5) is 0 Å². The highest BCUT2D eigenvalue weighted by Crippen LogP contribution is 2.25. The van der Waals surface area contributed by atoms with Gasteiger partial charge in [-0.25, -0.2) is 0 Å². The molecular formula is C13H19NO. The van der Waals surface area contributed by atoms with Crippen LogP contribution in [0.1, 0.15) is 31.2 Å². The minimum atomic E-state index is 0.676. The van der Waals surface area contributed by atoms with Gasteiger partial charge in [-0.3, -0.25) is 0 Å². The first-order valence-electron chi connectivity index (χ1n) is 5.83. The van der Waals surface area contributed by atoms with Gasteiger partial charge in [-0.05, 0) is 43.0 Å². The van der Waals surface area contributed by atoms with Crippen molar-refractivity contribution in [3.63, 3.8) is 0 Å². The number of hydrogen-bond acceptors (Lipinski definition) is 2. The standard InChI is InChI=1S/C13H19NO/c1-2-8-15-13-5-3-4-11(9-13)12-6-7-14-10-12/h3-5,9,12,14H,2,6-8,10H2,1H3. The molecular weight excluding hydrogens is 186 g/mol. The van der Waals surface area contributed by atoms with Gasteiger partial charge in [-0.1, -0.05) is 19.1 Å². The molecule has 1 aliphatic heterocycles. The molecule has 82 valence electrons. The topological polar surface area (TPSA) is 21.3 Å². The lowest BCUT2D eigenvalue weighted by Gasteiger charge is -2.11. The number of rotatable bonds is 4. The second-order valence-electron chi connectivity index (χ2n) is 4.11. The number of hydrogen-bond donors (Lipinski definition) is 1. The van der Waals surface area contributed by atoms with Crippen molar-refractivity contribution in [2.45, 2.75) is 25.7 Å². The summed E-state index contributed by atoms with van der Waals surface area (Å²) in [6.45, 7) is 5.19. The highest BCUT2D eigenvalue weighted by molar-refractivity contribution is 5.31. The number of benzene rings is 1. The van der Waals surface area contributed by atoms with E-state index in [0.29, 0.717) is 5.92 Å². The van der Waals surface area contributed by atoms with Crippen LogP contribution in [0.3, 0.4) is 0 Å². The molecule has 1 unspecified atom stereocenters. The first-order valence-corrected chi connectivity index (χ1v) is 5.83. The van der Waals surface area contributed by atoms with Gasteiger partial charge in [0.1, 0.15) is 5.75 Å². The second-order valence-corrected chi connectivity index (χ2v) is 4.11. The fourth-order valence-corrected chi connectivity index (χ4v) is 2.02. The Hall–Kier alpha value is -1.02. The normalized spacial score (nSPS) is 20.5. The summed E-state index contributed by atoms with van der Waals surface area (Å²) in [4.78, 5) is 0. The fraction of sp³-hybridized carbons (Fsp3) is 0.538. The molecule has 1 aromatic rings. The zero-order valence-corrected chi connectivity index (χ0v) is 9.33. The number of nitrogens with one attached hydrogen (secondary N) is 1. The van der Waals surface area contributed by atoms with E-state index in [0.717, 1.165) is 31.9 Å². The molecule has 0 aromatic heterocycles. The maximum atomic E-state index is 5.63. The van der Waals surface area contributed by atoms with Gasteiger partial charge >= 0.3 is 0 Å². The van der Waals surface area contributed by atoms with Crippen molar-refractivity contribution in [1.29, 1.82) is 0 Å². The SMILES string of the molecule is CCCOc1cccc(C2CCNC2)c1. The van der Waals surface area contributed by atoms with Crippen LogP contribution in [0.15, 0.2) is 24.3 Å². The van der Waals surface area contributed by atoms with Crippen molar-refractivity contribution < 1.29 is 4.74 Å². The molecule has 1 fully saturated rings. The zero-order chi connectivity index (χ0) is 10.5. The van der Waals surface area contributed by atoms with Crippen LogP contribution in [0, 0.1) is 0 Å². The molecule has 2 nitrogen and oxygen atoms in total. The molecule has 0 saturated carbocycles. The van der Waals surface area contributed by atoms with E-state index < -0.39 is 0 Å².